The number of hydrogen-bond acceptors (Lipinski definition) is 4. The average molecular weight is 246 g/mol. The Hall–Kier alpha value is -1.34. The molecule has 0 aliphatic heterocycles. The second-order valence-corrected chi connectivity index (χ2v) is 4.97. The highest BCUT2D eigenvalue weighted by Gasteiger charge is 2.28. The molecule has 7 heteroatoms. The van der Waals surface area contributed by atoms with Gasteiger partial charge in [-0.3, -0.25) is 0 Å². The molecule has 0 unspecified atom stereocenters. The number of rotatable bonds is 2. The molecule has 0 aromatic carbocycles. The summed E-state index contributed by atoms with van der Waals surface area (Å²) in [6.07, 6.45) is 0. The number of primary sulfonamides is 1. The molecule has 1 heterocycles. The standard InChI is InChI=1S/C9H14N2O4S/c1-5-7(9(12)15-4)8(16(10,13)14)6(2)11(5)3/h1-4H3,(H2,10,13,14). The van der Waals surface area contributed by atoms with Gasteiger partial charge in [0.2, 0.25) is 10.0 Å². The molecule has 16 heavy (non-hydrogen) atoms. The minimum Gasteiger partial charge on any atom is -0.465 e. The Kier molecular flexibility index (Phi) is 3.11. The van der Waals surface area contributed by atoms with Crippen LogP contribution in [0.3, 0.4) is 0 Å². The number of aromatic nitrogens is 1. The van der Waals surface area contributed by atoms with Gasteiger partial charge < -0.3 is 9.30 Å². The van der Waals surface area contributed by atoms with Crippen LogP contribution in [-0.2, 0) is 21.8 Å². The predicted molar refractivity (Wildman–Crippen MR) is 57.6 cm³/mol. The third kappa shape index (κ3) is 1.83. The smallest absolute Gasteiger partial charge is 0.341 e. The van der Waals surface area contributed by atoms with E-state index >= 15 is 0 Å². The van der Waals surface area contributed by atoms with Crippen LogP contribution in [0.5, 0.6) is 0 Å². The number of ether oxygens (including phenoxy) is 1. The van der Waals surface area contributed by atoms with Gasteiger partial charge in [-0.05, 0) is 13.8 Å². The Morgan fingerprint density at radius 1 is 1.31 bits per heavy atom. The SMILES string of the molecule is COC(=O)c1c(S(N)(=O)=O)c(C)n(C)c1C. The van der Waals surface area contributed by atoms with Crippen LogP contribution in [0.4, 0.5) is 0 Å². The maximum atomic E-state index is 11.5. The molecule has 0 radical (unpaired) electrons. The van der Waals surface area contributed by atoms with Crippen molar-refractivity contribution in [1.82, 2.24) is 4.57 Å². The topological polar surface area (TPSA) is 91.4 Å². The molecule has 0 bridgehead atoms. The first-order chi connectivity index (χ1) is 7.21. The number of carbonyl (C=O) groups is 1. The van der Waals surface area contributed by atoms with E-state index in [4.69, 9.17) is 5.14 Å². The summed E-state index contributed by atoms with van der Waals surface area (Å²) in [6.45, 7) is 3.22. The monoisotopic (exact) mass is 246 g/mol. The van der Waals surface area contributed by atoms with E-state index in [2.05, 4.69) is 4.74 Å². The van der Waals surface area contributed by atoms with Gasteiger partial charge in [0.05, 0.1) is 7.11 Å². The van der Waals surface area contributed by atoms with E-state index in [-0.39, 0.29) is 10.5 Å². The minimum atomic E-state index is -3.94. The molecular weight excluding hydrogens is 232 g/mol. The van der Waals surface area contributed by atoms with Crippen LogP contribution in [0.15, 0.2) is 4.90 Å². The maximum absolute atomic E-state index is 11.5. The number of esters is 1. The lowest BCUT2D eigenvalue weighted by molar-refractivity contribution is 0.0595. The Labute approximate surface area is 94.1 Å². The summed E-state index contributed by atoms with van der Waals surface area (Å²) in [4.78, 5) is 11.3. The fraction of sp³-hybridized carbons (Fsp3) is 0.444. The van der Waals surface area contributed by atoms with Crippen molar-refractivity contribution in [2.45, 2.75) is 18.7 Å². The summed E-state index contributed by atoms with van der Waals surface area (Å²) in [5.41, 5.74) is 0.929. The van der Waals surface area contributed by atoms with Crippen molar-refractivity contribution in [3.63, 3.8) is 0 Å². The van der Waals surface area contributed by atoms with Crippen LogP contribution in [0.1, 0.15) is 21.7 Å². The molecule has 90 valence electrons. The molecule has 1 aromatic rings. The Bertz CT molecular complexity index is 542. The maximum Gasteiger partial charge on any atom is 0.341 e. The molecule has 0 atom stereocenters. The Balaban J connectivity index is 3.72. The quantitative estimate of drug-likeness (QED) is 0.748. The molecule has 0 saturated carbocycles. The van der Waals surface area contributed by atoms with Crippen LogP contribution in [0.25, 0.3) is 0 Å². The molecule has 0 amide bonds. The third-order valence-electron chi connectivity index (χ3n) is 2.60. The van der Waals surface area contributed by atoms with E-state index in [1.54, 1.807) is 25.5 Å². The Morgan fingerprint density at radius 2 is 1.81 bits per heavy atom. The van der Waals surface area contributed by atoms with Crippen molar-refractivity contribution in [3.8, 4) is 0 Å². The first-order valence-corrected chi connectivity index (χ1v) is 6.03. The van der Waals surface area contributed by atoms with E-state index in [1.165, 1.54) is 7.11 Å². The largest absolute Gasteiger partial charge is 0.465 e. The summed E-state index contributed by atoms with van der Waals surface area (Å²) in [6, 6.07) is 0. The molecule has 2 N–H and O–H groups in total. The number of hydrogen-bond donors (Lipinski definition) is 1. The molecule has 1 rings (SSSR count). The van der Waals surface area contributed by atoms with Gasteiger partial charge in [-0.1, -0.05) is 0 Å². The number of nitrogens with two attached hydrogens (primary N) is 1. The zero-order valence-corrected chi connectivity index (χ0v) is 10.4. The molecule has 0 spiro atoms. The van der Waals surface area contributed by atoms with E-state index < -0.39 is 16.0 Å². The van der Waals surface area contributed by atoms with Gasteiger partial charge in [0, 0.05) is 18.4 Å². The van der Waals surface area contributed by atoms with Crippen molar-refractivity contribution < 1.29 is 17.9 Å². The predicted octanol–water partition coefficient (Wildman–Crippen LogP) is 0.0759. The number of carbonyl (C=O) groups excluding carboxylic acids is 1. The summed E-state index contributed by atoms with van der Waals surface area (Å²) in [5, 5.41) is 5.08. The van der Waals surface area contributed by atoms with E-state index in [9.17, 15) is 13.2 Å². The van der Waals surface area contributed by atoms with Crippen LogP contribution in [0.2, 0.25) is 0 Å². The molecule has 0 saturated heterocycles. The van der Waals surface area contributed by atoms with Gasteiger partial charge in [0.1, 0.15) is 10.5 Å². The van der Waals surface area contributed by atoms with Crippen molar-refractivity contribution >= 4 is 16.0 Å². The van der Waals surface area contributed by atoms with Crippen molar-refractivity contribution in [2.24, 2.45) is 12.2 Å². The van der Waals surface area contributed by atoms with Gasteiger partial charge in [-0.2, -0.15) is 0 Å². The highest BCUT2D eigenvalue weighted by atomic mass is 32.2. The molecule has 6 nitrogen and oxygen atoms in total. The fourth-order valence-corrected chi connectivity index (χ4v) is 2.67. The molecule has 1 aromatic heterocycles. The minimum absolute atomic E-state index is 0.00463. The lowest BCUT2D eigenvalue weighted by atomic mass is 10.2. The second-order valence-electron chi connectivity index (χ2n) is 3.47. The first kappa shape index (κ1) is 12.7. The normalized spacial score (nSPS) is 11.6. The number of methoxy groups -OCH3 is 1. The van der Waals surface area contributed by atoms with Crippen LogP contribution in [0, 0.1) is 13.8 Å². The third-order valence-corrected chi connectivity index (χ3v) is 3.67. The van der Waals surface area contributed by atoms with E-state index in [0.29, 0.717) is 11.4 Å². The lowest BCUT2D eigenvalue weighted by Gasteiger charge is -2.01. The van der Waals surface area contributed by atoms with Crippen molar-refractivity contribution in [2.75, 3.05) is 7.11 Å². The van der Waals surface area contributed by atoms with Crippen LogP contribution < -0.4 is 5.14 Å². The molecular formula is C9H14N2O4S. The number of sulfonamides is 1. The first-order valence-electron chi connectivity index (χ1n) is 4.48. The molecule has 0 aliphatic rings. The zero-order valence-electron chi connectivity index (χ0n) is 9.57. The van der Waals surface area contributed by atoms with Gasteiger partial charge in [0.25, 0.3) is 0 Å². The summed E-state index contributed by atoms with van der Waals surface area (Å²) in [5.74, 6) is -0.703. The summed E-state index contributed by atoms with van der Waals surface area (Å²) >= 11 is 0. The van der Waals surface area contributed by atoms with Crippen molar-refractivity contribution in [3.05, 3.63) is 17.0 Å². The average Bonchev–Trinajstić information content (AvgIpc) is 2.40. The Morgan fingerprint density at radius 3 is 2.19 bits per heavy atom. The highest BCUT2D eigenvalue weighted by molar-refractivity contribution is 7.89. The second kappa shape index (κ2) is 3.91. The van der Waals surface area contributed by atoms with Crippen LogP contribution >= 0.6 is 0 Å². The van der Waals surface area contributed by atoms with Gasteiger partial charge in [-0.25, -0.2) is 18.4 Å². The lowest BCUT2D eigenvalue weighted by Crippen LogP contribution is -2.17. The van der Waals surface area contributed by atoms with E-state index in [1.807, 2.05) is 0 Å². The zero-order chi connectivity index (χ0) is 12.7. The summed E-state index contributed by atoms with van der Waals surface area (Å²) < 4.78 is 29.0. The highest BCUT2D eigenvalue weighted by Crippen LogP contribution is 2.25. The molecule has 0 fully saturated rings. The van der Waals surface area contributed by atoms with Crippen molar-refractivity contribution in [1.29, 1.82) is 0 Å². The van der Waals surface area contributed by atoms with Gasteiger partial charge in [0.15, 0.2) is 0 Å². The van der Waals surface area contributed by atoms with Gasteiger partial charge in [-0.15, -0.1) is 0 Å². The van der Waals surface area contributed by atoms with Crippen LogP contribution in [-0.4, -0.2) is 26.1 Å². The number of nitrogens with zero attached hydrogens (tertiary/aromatic N) is 1. The fourth-order valence-electron chi connectivity index (χ4n) is 1.61. The van der Waals surface area contributed by atoms with E-state index in [0.717, 1.165) is 0 Å². The van der Waals surface area contributed by atoms with Gasteiger partial charge >= 0.3 is 5.97 Å². The molecule has 0 aliphatic carbocycles. The summed E-state index contributed by atoms with van der Waals surface area (Å²) in [7, 11) is -1.09.